The Morgan fingerprint density at radius 3 is 2.94 bits per heavy atom. The fourth-order valence-electron chi connectivity index (χ4n) is 1.72. The predicted octanol–water partition coefficient (Wildman–Crippen LogP) is 3.00. The molecule has 0 spiro atoms. The minimum atomic E-state index is 0.138. The predicted molar refractivity (Wildman–Crippen MR) is 73.0 cm³/mol. The van der Waals surface area contributed by atoms with Crippen LogP contribution in [0.25, 0.3) is 0 Å². The highest BCUT2D eigenvalue weighted by Crippen LogP contribution is 2.29. The molecule has 6 heteroatoms. The molecule has 1 heterocycles. The summed E-state index contributed by atoms with van der Waals surface area (Å²) >= 11 is 12.2. The van der Waals surface area contributed by atoms with E-state index in [4.69, 9.17) is 23.2 Å². The van der Waals surface area contributed by atoms with E-state index in [1.54, 1.807) is 6.07 Å². The Labute approximate surface area is 116 Å². The molecule has 2 N–H and O–H groups in total. The monoisotopic (exact) mass is 284 g/mol. The number of nitrogens with one attached hydrogen (secondary N) is 2. The number of nitrogens with zero attached hydrogens (tertiary/aromatic N) is 2. The molecule has 2 rings (SSSR count). The molecule has 0 amide bonds. The Kier molecular flexibility index (Phi) is 4.58. The van der Waals surface area contributed by atoms with Gasteiger partial charge in [-0.25, -0.2) is 4.98 Å². The number of hydrogen-bond acceptors (Lipinski definition) is 3. The maximum absolute atomic E-state index is 6.17. The lowest BCUT2D eigenvalue weighted by Crippen LogP contribution is -2.22. The van der Waals surface area contributed by atoms with Crippen LogP contribution in [0.3, 0.4) is 0 Å². The first-order valence-electron chi connectivity index (χ1n) is 5.70. The summed E-state index contributed by atoms with van der Waals surface area (Å²) < 4.78 is 0. The van der Waals surface area contributed by atoms with Gasteiger partial charge in [-0.3, -0.25) is 5.10 Å². The topological polar surface area (TPSA) is 53.6 Å². The minimum Gasteiger partial charge on any atom is -0.310 e. The van der Waals surface area contributed by atoms with Gasteiger partial charge in [0.2, 0.25) is 0 Å². The highest BCUT2D eigenvalue weighted by Gasteiger charge is 2.11. The highest BCUT2D eigenvalue weighted by atomic mass is 35.5. The Bertz CT molecular complexity index is 499. The molecular weight excluding hydrogens is 271 g/mol. The standard InChI is InChI=1S/C12H14Cl2N4/c1-8(9-3-2-4-10(13)12(9)14)15-6-5-11-16-7-17-18-11/h2-4,7-8,15H,5-6H2,1H3,(H,16,17,18). The third kappa shape index (κ3) is 3.22. The largest absolute Gasteiger partial charge is 0.310 e. The molecule has 0 saturated carbocycles. The summed E-state index contributed by atoms with van der Waals surface area (Å²) in [5.74, 6) is 0.867. The number of hydrogen-bond donors (Lipinski definition) is 2. The first-order chi connectivity index (χ1) is 8.68. The molecule has 0 radical (unpaired) electrons. The van der Waals surface area contributed by atoms with E-state index in [1.807, 2.05) is 12.1 Å². The van der Waals surface area contributed by atoms with Crippen molar-refractivity contribution in [2.75, 3.05) is 6.54 Å². The third-order valence-corrected chi connectivity index (χ3v) is 3.56. The lowest BCUT2D eigenvalue weighted by atomic mass is 10.1. The van der Waals surface area contributed by atoms with Crippen molar-refractivity contribution in [1.82, 2.24) is 20.5 Å². The summed E-state index contributed by atoms with van der Waals surface area (Å²) in [6.07, 6.45) is 2.30. The van der Waals surface area contributed by atoms with Gasteiger partial charge in [-0.15, -0.1) is 0 Å². The normalized spacial score (nSPS) is 12.6. The van der Waals surface area contributed by atoms with Crippen molar-refractivity contribution >= 4 is 23.2 Å². The Hall–Kier alpha value is -1.10. The van der Waals surface area contributed by atoms with Crippen molar-refractivity contribution in [3.8, 4) is 0 Å². The van der Waals surface area contributed by atoms with Crippen molar-refractivity contribution in [2.45, 2.75) is 19.4 Å². The van der Waals surface area contributed by atoms with Crippen LogP contribution in [-0.2, 0) is 6.42 Å². The molecule has 96 valence electrons. The average Bonchev–Trinajstić information content (AvgIpc) is 2.85. The Morgan fingerprint density at radius 2 is 2.22 bits per heavy atom. The van der Waals surface area contributed by atoms with Crippen LogP contribution in [0.1, 0.15) is 24.4 Å². The van der Waals surface area contributed by atoms with E-state index < -0.39 is 0 Å². The van der Waals surface area contributed by atoms with Crippen LogP contribution in [0.4, 0.5) is 0 Å². The van der Waals surface area contributed by atoms with Crippen LogP contribution >= 0.6 is 23.2 Å². The maximum atomic E-state index is 6.17. The van der Waals surface area contributed by atoms with Gasteiger partial charge in [0.05, 0.1) is 10.0 Å². The van der Waals surface area contributed by atoms with Gasteiger partial charge < -0.3 is 5.32 Å². The molecule has 4 nitrogen and oxygen atoms in total. The van der Waals surface area contributed by atoms with Gasteiger partial charge in [-0.05, 0) is 18.6 Å². The van der Waals surface area contributed by atoms with Crippen LogP contribution in [0.2, 0.25) is 10.0 Å². The third-order valence-electron chi connectivity index (χ3n) is 2.73. The van der Waals surface area contributed by atoms with Gasteiger partial charge >= 0.3 is 0 Å². The van der Waals surface area contributed by atoms with Crippen LogP contribution in [0.5, 0.6) is 0 Å². The van der Waals surface area contributed by atoms with E-state index in [0.29, 0.717) is 10.0 Å². The van der Waals surface area contributed by atoms with Crippen molar-refractivity contribution in [3.05, 3.63) is 46.0 Å². The second-order valence-corrected chi connectivity index (χ2v) is 4.79. The summed E-state index contributed by atoms with van der Waals surface area (Å²) in [4.78, 5) is 4.06. The fourth-order valence-corrected chi connectivity index (χ4v) is 2.19. The van der Waals surface area contributed by atoms with Crippen molar-refractivity contribution in [3.63, 3.8) is 0 Å². The molecule has 0 aliphatic carbocycles. The lowest BCUT2D eigenvalue weighted by Gasteiger charge is -2.15. The van der Waals surface area contributed by atoms with Crippen LogP contribution < -0.4 is 5.32 Å². The summed E-state index contributed by atoms with van der Waals surface area (Å²) in [6, 6.07) is 5.80. The molecular formula is C12H14Cl2N4. The maximum Gasteiger partial charge on any atom is 0.137 e. The smallest absolute Gasteiger partial charge is 0.137 e. The zero-order chi connectivity index (χ0) is 13.0. The van der Waals surface area contributed by atoms with E-state index in [-0.39, 0.29) is 6.04 Å². The number of rotatable bonds is 5. The Balaban J connectivity index is 1.91. The molecule has 0 bridgehead atoms. The fraction of sp³-hybridized carbons (Fsp3) is 0.333. The SMILES string of the molecule is CC(NCCc1ncn[nH]1)c1cccc(Cl)c1Cl. The Morgan fingerprint density at radius 1 is 1.39 bits per heavy atom. The number of halogens is 2. The van der Waals surface area contributed by atoms with Crippen molar-refractivity contribution in [1.29, 1.82) is 0 Å². The van der Waals surface area contributed by atoms with E-state index in [0.717, 1.165) is 24.4 Å². The van der Waals surface area contributed by atoms with Gasteiger partial charge in [0.25, 0.3) is 0 Å². The first kappa shape index (κ1) is 13.3. The highest BCUT2D eigenvalue weighted by molar-refractivity contribution is 6.42. The second kappa shape index (κ2) is 6.18. The van der Waals surface area contributed by atoms with Gasteiger partial charge in [-0.1, -0.05) is 35.3 Å². The average molecular weight is 285 g/mol. The molecule has 1 aromatic carbocycles. The molecule has 0 aliphatic heterocycles. The molecule has 0 fully saturated rings. The molecule has 0 saturated heterocycles. The van der Waals surface area contributed by atoms with Crippen LogP contribution in [0, 0.1) is 0 Å². The lowest BCUT2D eigenvalue weighted by molar-refractivity contribution is 0.570. The molecule has 1 aromatic heterocycles. The molecule has 1 atom stereocenters. The van der Waals surface area contributed by atoms with E-state index in [1.165, 1.54) is 6.33 Å². The van der Waals surface area contributed by atoms with Gasteiger partial charge in [-0.2, -0.15) is 5.10 Å². The van der Waals surface area contributed by atoms with Gasteiger partial charge in [0.1, 0.15) is 12.2 Å². The number of H-pyrrole nitrogens is 1. The number of aromatic nitrogens is 3. The van der Waals surface area contributed by atoms with Crippen molar-refractivity contribution in [2.24, 2.45) is 0 Å². The van der Waals surface area contributed by atoms with Crippen LogP contribution in [-0.4, -0.2) is 21.7 Å². The second-order valence-electron chi connectivity index (χ2n) is 4.00. The molecule has 0 aliphatic rings. The van der Waals surface area contributed by atoms with E-state index in [9.17, 15) is 0 Å². The van der Waals surface area contributed by atoms with E-state index in [2.05, 4.69) is 27.4 Å². The molecule has 18 heavy (non-hydrogen) atoms. The zero-order valence-electron chi connectivity index (χ0n) is 9.95. The zero-order valence-corrected chi connectivity index (χ0v) is 11.5. The molecule has 2 aromatic rings. The summed E-state index contributed by atoms with van der Waals surface area (Å²) in [5.41, 5.74) is 1.00. The summed E-state index contributed by atoms with van der Waals surface area (Å²) in [5, 5.41) is 11.2. The number of benzene rings is 1. The summed E-state index contributed by atoms with van der Waals surface area (Å²) in [6.45, 7) is 2.84. The van der Waals surface area contributed by atoms with E-state index >= 15 is 0 Å². The molecule has 1 unspecified atom stereocenters. The van der Waals surface area contributed by atoms with Crippen LogP contribution in [0.15, 0.2) is 24.5 Å². The van der Waals surface area contributed by atoms with Gasteiger partial charge in [0, 0.05) is 19.0 Å². The number of aromatic amines is 1. The minimum absolute atomic E-state index is 0.138. The van der Waals surface area contributed by atoms with Crippen molar-refractivity contribution < 1.29 is 0 Å². The quantitative estimate of drug-likeness (QED) is 0.888. The first-order valence-corrected chi connectivity index (χ1v) is 6.45. The summed E-state index contributed by atoms with van der Waals surface area (Å²) in [7, 11) is 0. The van der Waals surface area contributed by atoms with Gasteiger partial charge in [0.15, 0.2) is 0 Å².